The number of aryl methyl sites for hydroxylation is 1. The molecule has 3 aromatic rings. The van der Waals surface area contributed by atoms with Crippen LogP contribution in [-0.2, 0) is 25.1 Å². The number of pyridine rings is 1. The zero-order valence-electron chi connectivity index (χ0n) is 15.7. The molecular weight excluding hydrogens is 475 g/mol. The topological polar surface area (TPSA) is 103 Å². The molecule has 1 amide bonds. The van der Waals surface area contributed by atoms with Crippen molar-refractivity contribution >= 4 is 37.9 Å². The van der Waals surface area contributed by atoms with Crippen molar-refractivity contribution in [3.05, 3.63) is 94.5 Å². The second-order valence-corrected chi connectivity index (χ2v) is 7.48. The standard InChI is InChI=1S/C20H18N4O3S.ClH.Cu/c1-15-6-8-18(9-7-15)28(26,27)24-19-5-3-2-4-17(19)14-22-23-20(25)16-10-12-21-13-11-16;;/h2-14H,1H3,(H2,21,22,23,24,25);1H;/q;;+2/p-2. The Morgan fingerprint density at radius 1 is 1.07 bits per heavy atom. The monoisotopic (exact) mass is 491 g/mol. The summed E-state index contributed by atoms with van der Waals surface area (Å²) in [5, 5.41) is 3.89. The molecule has 0 aliphatic rings. The molecule has 2 aromatic carbocycles. The predicted molar refractivity (Wildman–Crippen MR) is 113 cm³/mol. The molecule has 1 heterocycles. The van der Waals surface area contributed by atoms with Gasteiger partial charge in [0.05, 0.1) is 11.1 Å². The van der Waals surface area contributed by atoms with Crippen molar-refractivity contribution < 1.29 is 28.3 Å². The Hall–Kier alpha value is -2.71. The summed E-state index contributed by atoms with van der Waals surface area (Å²) in [5.41, 5.74) is 4.43. The van der Waals surface area contributed by atoms with Gasteiger partial charge in [-0.2, -0.15) is 5.10 Å². The van der Waals surface area contributed by atoms with Crippen molar-refractivity contribution in [2.24, 2.45) is 5.10 Å². The molecule has 0 atom stereocenters. The van der Waals surface area contributed by atoms with Gasteiger partial charge in [-0.1, -0.05) is 42.0 Å². The van der Waals surface area contributed by atoms with Crippen LogP contribution in [0.3, 0.4) is 0 Å². The quantitative estimate of drug-likeness (QED) is 0.316. The van der Waals surface area contributed by atoms with Gasteiger partial charge in [-0.15, -0.1) is 5.69 Å². The first-order chi connectivity index (χ1) is 14.5. The van der Waals surface area contributed by atoms with E-state index in [1.807, 2.05) is 6.92 Å². The maximum absolute atomic E-state index is 12.5. The molecule has 159 valence electrons. The predicted octanol–water partition coefficient (Wildman–Crippen LogP) is 4.24. The summed E-state index contributed by atoms with van der Waals surface area (Å²) < 4.78 is 29.0. The van der Waals surface area contributed by atoms with Crippen LogP contribution in [0.5, 0.6) is 0 Å². The van der Waals surface area contributed by atoms with Gasteiger partial charge in [0.15, 0.2) is 0 Å². The molecule has 1 N–H and O–H groups in total. The van der Waals surface area contributed by atoms with Crippen molar-refractivity contribution in [3.63, 3.8) is 0 Å². The van der Waals surface area contributed by atoms with E-state index in [2.05, 4.69) is 45.4 Å². The van der Waals surface area contributed by atoms with Crippen LogP contribution in [0.15, 0.2) is 83.1 Å². The van der Waals surface area contributed by atoms with E-state index in [1.54, 1.807) is 48.5 Å². The Balaban J connectivity index is 0.00000155. The number of aromatic nitrogens is 1. The molecule has 0 saturated carbocycles. The number of hydrogen-bond donors (Lipinski definition) is 1. The van der Waals surface area contributed by atoms with Gasteiger partial charge < -0.3 is 4.72 Å². The first kappa shape index (κ1) is 23.6. The van der Waals surface area contributed by atoms with Crippen LogP contribution in [0.1, 0.15) is 21.5 Å². The summed E-state index contributed by atoms with van der Waals surface area (Å²) >= 11 is 3.66. The van der Waals surface area contributed by atoms with Crippen LogP contribution in [0.25, 0.3) is 4.72 Å². The number of halogens is 1. The number of amides is 1. The molecule has 0 spiro atoms. The van der Waals surface area contributed by atoms with Crippen molar-refractivity contribution in [3.8, 4) is 0 Å². The summed E-state index contributed by atoms with van der Waals surface area (Å²) in [5.74, 6) is -0.402. The summed E-state index contributed by atoms with van der Waals surface area (Å²) in [7, 11) is 0.333. The van der Waals surface area contributed by atoms with Crippen LogP contribution in [0.4, 0.5) is 5.69 Å². The van der Waals surface area contributed by atoms with Crippen molar-refractivity contribution in [1.29, 1.82) is 0 Å². The molecule has 30 heavy (non-hydrogen) atoms. The van der Waals surface area contributed by atoms with Gasteiger partial charge in [0.2, 0.25) is 0 Å². The average Bonchev–Trinajstić information content (AvgIpc) is 2.77. The van der Waals surface area contributed by atoms with Gasteiger partial charge in [-0.05, 0) is 36.8 Å². The molecule has 0 radical (unpaired) electrons. The number of carbonyl (C=O) groups is 1. The molecule has 10 heteroatoms. The SMILES string of the molecule is Cc1ccc(S(=O)(=O)[N-]c2ccccc2/C=N/NC(=O)c2ccncc2)cc1.[Cl][Cu+]. The maximum atomic E-state index is 12.5. The van der Waals surface area contributed by atoms with E-state index >= 15 is 0 Å². The summed E-state index contributed by atoms with van der Waals surface area (Å²) in [6.07, 6.45) is 4.36. The Morgan fingerprint density at radius 3 is 2.37 bits per heavy atom. The van der Waals surface area contributed by atoms with Crippen molar-refractivity contribution in [2.75, 3.05) is 0 Å². The Bertz CT molecular complexity index is 1110. The third-order valence-corrected chi connectivity index (χ3v) is 5.09. The molecule has 0 aliphatic heterocycles. The van der Waals surface area contributed by atoms with Crippen LogP contribution in [0, 0.1) is 6.92 Å². The number of rotatable bonds is 6. The first-order valence-electron chi connectivity index (χ1n) is 8.44. The van der Waals surface area contributed by atoms with Gasteiger partial charge in [-0.3, -0.25) is 9.78 Å². The molecule has 0 saturated heterocycles. The third-order valence-electron chi connectivity index (χ3n) is 3.79. The number of hydrazone groups is 1. The Morgan fingerprint density at radius 2 is 1.70 bits per heavy atom. The van der Waals surface area contributed by atoms with Gasteiger partial charge in [0.1, 0.15) is 10.0 Å². The first-order valence-corrected chi connectivity index (χ1v) is 11.2. The number of nitrogens with zero attached hydrogens (tertiary/aromatic N) is 3. The van der Waals surface area contributed by atoms with Gasteiger partial charge in [-0.25, -0.2) is 13.8 Å². The molecule has 7 nitrogen and oxygen atoms in total. The number of nitrogens with one attached hydrogen (secondary N) is 1. The van der Waals surface area contributed by atoms with E-state index in [0.29, 0.717) is 11.1 Å². The number of sulfonamides is 1. The molecule has 0 bridgehead atoms. The molecule has 0 unspecified atom stereocenters. The van der Waals surface area contributed by atoms with Gasteiger partial charge in [0.25, 0.3) is 5.91 Å². The third kappa shape index (κ3) is 6.67. The van der Waals surface area contributed by atoms with Crippen LogP contribution in [0.2, 0.25) is 0 Å². The Kier molecular flexibility index (Phi) is 9.01. The summed E-state index contributed by atoms with van der Waals surface area (Å²) in [6, 6.07) is 16.2. The van der Waals surface area contributed by atoms with E-state index in [1.165, 1.54) is 30.7 Å². The zero-order chi connectivity index (χ0) is 22.0. The fourth-order valence-electron chi connectivity index (χ4n) is 2.30. The van der Waals surface area contributed by atoms with E-state index in [-0.39, 0.29) is 10.6 Å². The van der Waals surface area contributed by atoms with E-state index < -0.39 is 15.9 Å². The Labute approximate surface area is 187 Å². The molecule has 0 fully saturated rings. The molecular formula is C20H17ClCuN4O3S. The van der Waals surface area contributed by atoms with Crippen molar-refractivity contribution in [1.82, 2.24) is 10.4 Å². The molecule has 0 aliphatic carbocycles. The second kappa shape index (κ2) is 11.5. The van der Waals surface area contributed by atoms with Crippen LogP contribution in [-0.4, -0.2) is 25.5 Å². The van der Waals surface area contributed by atoms with E-state index in [9.17, 15) is 13.2 Å². The van der Waals surface area contributed by atoms with E-state index in [0.717, 1.165) is 5.56 Å². The van der Waals surface area contributed by atoms with Crippen LogP contribution >= 0.6 is 10.1 Å². The number of benzene rings is 2. The zero-order valence-corrected chi connectivity index (χ0v) is 18.2. The fourth-order valence-corrected chi connectivity index (χ4v) is 3.31. The van der Waals surface area contributed by atoms with E-state index in [4.69, 9.17) is 0 Å². The minimum absolute atomic E-state index is 0.107. The summed E-state index contributed by atoms with van der Waals surface area (Å²) in [6.45, 7) is 1.87. The fraction of sp³-hybridized carbons (Fsp3) is 0.0500. The average molecular weight is 492 g/mol. The van der Waals surface area contributed by atoms with Gasteiger partial charge >= 0.3 is 25.2 Å². The van der Waals surface area contributed by atoms with Crippen molar-refractivity contribution in [2.45, 2.75) is 11.8 Å². The molecule has 3 rings (SSSR count). The normalized spacial score (nSPS) is 10.8. The van der Waals surface area contributed by atoms with Crippen LogP contribution < -0.4 is 5.43 Å². The minimum atomic E-state index is -3.87. The number of carbonyl (C=O) groups excluding carboxylic acids is 1. The summed E-state index contributed by atoms with van der Waals surface area (Å²) in [4.78, 5) is 15.9. The number of hydrogen-bond acceptors (Lipinski definition) is 5. The second-order valence-electron chi connectivity index (χ2n) is 5.87. The molecule has 1 aromatic heterocycles. The van der Waals surface area contributed by atoms with Gasteiger partial charge in [0, 0.05) is 18.0 Å².